The van der Waals surface area contributed by atoms with Crippen LogP contribution < -0.4 is 9.44 Å². The Bertz CT molecular complexity index is 1080. The molecule has 0 aliphatic rings. The molecule has 0 aromatic heterocycles. The van der Waals surface area contributed by atoms with E-state index in [4.69, 9.17) is 5.14 Å². The number of hydrogen-bond donors (Lipinski definition) is 2. The molecule has 30 heavy (non-hydrogen) atoms. The Labute approximate surface area is 180 Å². The van der Waals surface area contributed by atoms with Gasteiger partial charge in [0.1, 0.15) is 4.90 Å². The molecule has 2 aromatic rings. The van der Waals surface area contributed by atoms with Gasteiger partial charge >= 0.3 is 0 Å². The minimum Gasteiger partial charge on any atom is -0.755 e. The zero-order valence-corrected chi connectivity index (χ0v) is 18.7. The van der Waals surface area contributed by atoms with Crippen LogP contribution in [0.3, 0.4) is 0 Å². The first-order valence-corrected chi connectivity index (χ1v) is 11.7. The van der Waals surface area contributed by atoms with Crippen LogP contribution in [-0.2, 0) is 34.3 Å². The molecule has 7 nitrogen and oxygen atoms in total. The predicted octanol–water partition coefficient (Wildman–Crippen LogP) is 2.07. The molecule has 1 unspecified atom stereocenters. The van der Waals surface area contributed by atoms with Crippen molar-refractivity contribution < 1.29 is 22.3 Å². The lowest BCUT2D eigenvalue weighted by molar-refractivity contribution is 0.281. The van der Waals surface area contributed by atoms with Gasteiger partial charge in [-0.2, -0.15) is 0 Å². The van der Waals surface area contributed by atoms with Gasteiger partial charge in [-0.05, 0) is 62.6 Å². The number of hydrogen-bond acceptors (Lipinski definition) is 5. The van der Waals surface area contributed by atoms with Crippen molar-refractivity contribution in [3.8, 4) is 11.8 Å². The number of anilines is 1. The molecule has 9 heteroatoms. The van der Waals surface area contributed by atoms with Crippen LogP contribution in [0.15, 0.2) is 47.4 Å². The molecular weight excluding hydrogens is 424 g/mol. The van der Waals surface area contributed by atoms with Crippen molar-refractivity contribution in [3.63, 3.8) is 0 Å². The van der Waals surface area contributed by atoms with Gasteiger partial charge in [-0.25, -0.2) is 13.6 Å². The van der Waals surface area contributed by atoms with Gasteiger partial charge in [0.25, 0.3) is 0 Å². The number of nitrogens with zero attached hydrogens (tertiary/aromatic N) is 1. The van der Waals surface area contributed by atoms with Crippen molar-refractivity contribution >= 4 is 27.0 Å². The first kappa shape index (κ1) is 24.1. The minimum absolute atomic E-state index is 0.0180. The fraction of sp³-hybridized carbons (Fsp3) is 0.333. The molecule has 0 saturated heterocycles. The quantitative estimate of drug-likeness (QED) is 0.495. The lowest BCUT2D eigenvalue weighted by Crippen LogP contribution is -2.30. The van der Waals surface area contributed by atoms with Crippen LogP contribution in [-0.4, -0.2) is 28.8 Å². The Morgan fingerprint density at radius 2 is 1.73 bits per heavy atom. The van der Waals surface area contributed by atoms with E-state index in [1.165, 1.54) is 18.2 Å². The Hall–Kier alpha value is -2.22. The Kier molecular flexibility index (Phi) is 7.80. The second-order valence-corrected chi connectivity index (χ2v) is 10.2. The third-order valence-electron chi connectivity index (χ3n) is 4.10. The zero-order chi connectivity index (χ0) is 22.5. The van der Waals surface area contributed by atoms with Crippen molar-refractivity contribution in [2.75, 3.05) is 10.8 Å². The maximum atomic E-state index is 11.9. The van der Waals surface area contributed by atoms with Crippen LogP contribution in [0.2, 0.25) is 0 Å². The van der Waals surface area contributed by atoms with Crippen LogP contribution in [0.5, 0.6) is 0 Å². The molecule has 0 heterocycles. The van der Waals surface area contributed by atoms with Crippen LogP contribution >= 0.6 is 0 Å². The highest BCUT2D eigenvalue weighted by Gasteiger charge is 2.20. The normalized spacial score (nSPS) is 12.7. The molecule has 2 rings (SSSR count). The summed E-state index contributed by atoms with van der Waals surface area (Å²) in [6.45, 7) is 5.69. The van der Waals surface area contributed by atoms with Crippen molar-refractivity contribution in [2.45, 2.75) is 38.7 Å². The van der Waals surface area contributed by atoms with Crippen LogP contribution in [0.25, 0.3) is 0 Å². The molecule has 1 atom stereocenters. The average molecular weight is 450 g/mol. The van der Waals surface area contributed by atoms with E-state index < -0.39 is 27.9 Å². The summed E-state index contributed by atoms with van der Waals surface area (Å²) in [5.41, 5.74) is 1.87. The summed E-state index contributed by atoms with van der Waals surface area (Å²) in [5.74, 6) is 6.24. The highest BCUT2D eigenvalue weighted by Crippen LogP contribution is 2.27. The van der Waals surface area contributed by atoms with Gasteiger partial charge in [-0.1, -0.05) is 30.0 Å². The Balaban J connectivity index is 2.26. The first-order chi connectivity index (χ1) is 13.9. The second kappa shape index (κ2) is 9.73. The van der Waals surface area contributed by atoms with Crippen LogP contribution in [0.4, 0.5) is 5.69 Å². The SMILES string of the molecule is CC(C)(C)C#Cc1ccc(CCN(c2ccc(CO)cc2S(N)(=O)=O)S(=O)[O-])cc1. The van der Waals surface area contributed by atoms with E-state index in [0.717, 1.165) is 15.4 Å². The maximum absolute atomic E-state index is 11.9. The molecule has 0 bridgehead atoms. The molecule has 0 saturated carbocycles. The van der Waals surface area contributed by atoms with Crippen LogP contribution in [0, 0.1) is 17.3 Å². The number of aliphatic hydroxyl groups is 1. The largest absolute Gasteiger partial charge is 0.755 e. The Morgan fingerprint density at radius 3 is 2.23 bits per heavy atom. The molecule has 2 aromatic carbocycles. The second-order valence-electron chi connectivity index (χ2n) is 7.77. The standard InChI is InChI=1S/C21H26N2O5S2/c1-21(2,3)12-10-16-4-6-17(7-5-16)11-13-23(29(25)26)19-9-8-18(15-24)14-20(19)30(22,27)28/h4-9,14,24H,11,13,15H2,1-3H3,(H,25,26)(H2,22,27,28)/p-1. The fourth-order valence-electron chi connectivity index (χ4n) is 2.61. The maximum Gasteiger partial charge on any atom is 0.240 e. The van der Waals surface area contributed by atoms with E-state index in [0.29, 0.717) is 12.0 Å². The first-order valence-electron chi connectivity index (χ1n) is 9.16. The predicted molar refractivity (Wildman–Crippen MR) is 116 cm³/mol. The van der Waals surface area contributed by atoms with Gasteiger partial charge in [0.15, 0.2) is 0 Å². The van der Waals surface area contributed by atoms with Crippen molar-refractivity contribution in [3.05, 3.63) is 59.2 Å². The number of rotatable bonds is 7. The van der Waals surface area contributed by atoms with Gasteiger partial charge in [0, 0.05) is 28.8 Å². The molecule has 0 fully saturated rings. The summed E-state index contributed by atoms with van der Waals surface area (Å²) in [6, 6.07) is 11.4. The number of sulfonamides is 1. The van der Waals surface area contributed by atoms with Gasteiger partial charge < -0.3 is 14.0 Å². The molecule has 0 spiro atoms. The van der Waals surface area contributed by atoms with E-state index in [9.17, 15) is 22.3 Å². The molecule has 3 N–H and O–H groups in total. The fourth-order valence-corrected chi connectivity index (χ4v) is 4.01. The molecular formula is C21H25N2O5S2-. The minimum atomic E-state index is -4.19. The summed E-state index contributed by atoms with van der Waals surface area (Å²) in [6.07, 6.45) is 0.354. The van der Waals surface area contributed by atoms with Crippen LogP contribution in [0.1, 0.15) is 37.5 Å². The van der Waals surface area contributed by atoms with Crippen molar-refractivity contribution in [2.24, 2.45) is 10.6 Å². The zero-order valence-electron chi connectivity index (χ0n) is 17.1. The smallest absolute Gasteiger partial charge is 0.240 e. The van der Waals surface area contributed by atoms with Gasteiger partial charge in [0.2, 0.25) is 10.0 Å². The molecule has 0 aliphatic carbocycles. The summed E-state index contributed by atoms with van der Waals surface area (Å²) in [4.78, 5) is -0.356. The summed E-state index contributed by atoms with van der Waals surface area (Å²) < 4.78 is 48.5. The Morgan fingerprint density at radius 1 is 1.13 bits per heavy atom. The average Bonchev–Trinajstić information content (AvgIpc) is 2.66. The molecule has 0 radical (unpaired) electrons. The van der Waals surface area contributed by atoms with Gasteiger partial charge in [-0.3, -0.25) is 4.21 Å². The van der Waals surface area contributed by atoms with E-state index in [-0.39, 0.29) is 22.5 Å². The summed E-state index contributed by atoms with van der Waals surface area (Å²) >= 11 is -2.72. The van der Waals surface area contributed by atoms with E-state index >= 15 is 0 Å². The molecule has 0 aliphatic heterocycles. The lowest BCUT2D eigenvalue weighted by atomic mass is 9.97. The molecule has 0 amide bonds. The number of nitrogens with two attached hydrogens (primary N) is 1. The summed E-state index contributed by atoms with van der Waals surface area (Å²) in [7, 11) is -4.19. The van der Waals surface area contributed by atoms with E-state index in [1.807, 2.05) is 45.0 Å². The number of primary sulfonamides is 1. The van der Waals surface area contributed by atoms with Crippen molar-refractivity contribution in [1.29, 1.82) is 0 Å². The summed E-state index contributed by atoms with van der Waals surface area (Å²) in [5, 5.41) is 14.5. The monoisotopic (exact) mass is 449 g/mol. The highest BCUT2D eigenvalue weighted by molar-refractivity contribution is 7.89. The number of aliphatic hydroxyl groups excluding tert-OH is 1. The van der Waals surface area contributed by atoms with Crippen molar-refractivity contribution in [1.82, 2.24) is 0 Å². The molecule has 162 valence electrons. The third kappa shape index (κ3) is 6.93. The van der Waals surface area contributed by atoms with E-state index in [1.54, 1.807) is 0 Å². The third-order valence-corrected chi connectivity index (χ3v) is 5.78. The number of benzene rings is 2. The lowest BCUT2D eigenvalue weighted by Gasteiger charge is -2.28. The highest BCUT2D eigenvalue weighted by atomic mass is 32.2. The van der Waals surface area contributed by atoms with Gasteiger partial charge in [-0.15, -0.1) is 0 Å². The topological polar surface area (TPSA) is 124 Å². The van der Waals surface area contributed by atoms with Gasteiger partial charge in [0.05, 0.1) is 12.3 Å². The van der Waals surface area contributed by atoms with E-state index in [2.05, 4.69) is 11.8 Å².